The van der Waals surface area contributed by atoms with Crippen LogP contribution in [0.15, 0.2) is 72.8 Å². The van der Waals surface area contributed by atoms with Crippen LogP contribution in [-0.4, -0.2) is 48.9 Å². The molecule has 1 fully saturated rings. The van der Waals surface area contributed by atoms with Gasteiger partial charge in [0.25, 0.3) is 0 Å². The van der Waals surface area contributed by atoms with Gasteiger partial charge in [-0.1, -0.05) is 61.9 Å². The highest BCUT2D eigenvalue weighted by Gasteiger charge is 2.48. The van der Waals surface area contributed by atoms with Gasteiger partial charge in [0.1, 0.15) is 5.75 Å². The lowest BCUT2D eigenvalue weighted by Crippen LogP contribution is -2.39. The zero-order valence-corrected chi connectivity index (χ0v) is 22.2. The maximum absolute atomic E-state index is 13.5. The van der Waals surface area contributed by atoms with Gasteiger partial charge in [0.05, 0.1) is 25.6 Å². The van der Waals surface area contributed by atoms with Crippen molar-refractivity contribution in [3.8, 4) is 17.2 Å². The lowest BCUT2D eigenvalue weighted by atomic mass is 9.82. The number of aliphatic carboxylic acids is 1. The average Bonchev–Trinajstić information content (AvgIpc) is 3.58. The second-order valence-corrected chi connectivity index (χ2v) is 10.1. The Morgan fingerprint density at radius 2 is 1.74 bits per heavy atom. The highest BCUT2D eigenvalue weighted by molar-refractivity contribution is 5.79. The maximum Gasteiger partial charge on any atom is 0.309 e. The third-order valence-corrected chi connectivity index (χ3v) is 7.63. The summed E-state index contributed by atoms with van der Waals surface area (Å²) in [5.74, 6) is -0.218. The Balaban J connectivity index is 1.45. The predicted molar refractivity (Wildman–Crippen MR) is 146 cm³/mol. The molecular weight excluding hydrogens is 496 g/mol. The van der Waals surface area contributed by atoms with Crippen molar-refractivity contribution in [3.05, 3.63) is 89.5 Å². The molecule has 2 heterocycles. The standard InChI is InChI=1S/C31H34N2O6/c1-3-7-25(20-8-5-4-6-9-20)32-28(34)18-33-17-24(22-12-15-26-27(16-22)39-19-38-26)29(31(35)36)30(33)21-10-13-23(37-2)14-11-21/h4-6,8-16,24-25,29-30H,3,7,17-19H2,1-2H3,(H,32,34)(H,35,36)/t24-,25?,29-,30+/m1/s1. The van der Waals surface area contributed by atoms with Crippen molar-refractivity contribution in [3.63, 3.8) is 0 Å². The molecule has 8 heteroatoms. The summed E-state index contributed by atoms with van der Waals surface area (Å²) in [6, 6.07) is 22.3. The van der Waals surface area contributed by atoms with Gasteiger partial charge in [-0.15, -0.1) is 0 Å². The summed E-state index contributed by atoms with van der Waals surface area (Å²) in [7, 11) is 1.59. The monoisotopic (exact) mass is 530 g/mol. The van der Waals surface area contributed by atoms with Crippen LogP contribution >= 0.6 is 0 Å². The Morgan fingerprint density at radius 3 is 2.44 bits per heavy atom. The number of fused-ring (bicyclic) bond motifs is 1. The molecule has 4 atom stereocenters. The minimum absolute atomic E-state index is 0.0780. The van der Waals surface area contributed by atoms with E-state index in [1.165, 1.54) is 0 Å². The molecule has 8 nitrogen and oxygen atoms in total. The second-order valence-electron chi connectivity index (χ2n) is 10.1. The molecule has 0 bridgehead atoms. The van der Waals surface area contributed by atoms with Crippen LogP contribution < -0.4 is 19.5 Å². The average molecular weight is 531 g/mol. The number of methoxy groups -OCH3 is 1. The normalized spacial score (nSPS) is 20.9. The van der Waals surface area contributed by atoms with E-state index in [1.54, 1.807) is 7.11 Å². The minimum atomic E-state index is -0.908. The van der Waals surface area contributed by atoms with Gasteiger partial charge in [0.2, 0.25) is 12.7 Å². The summed E-state index contributed by atoms with van der Waals surface area (Å²) in [6.07, 6.45) is 1.74. The van der Waals surface area contributed by atoms with Crippen LogP contribution in [0, 0.1) is 5.92 Å². The lowest BCUT2D eigenvalue weighted by Gasteiger charge is -2.28. The first-order chi connectivity index (χ1) is 19.0. The molecule has 204 valence electrons. The van der Waals surface area contributed by atoms with Crippen molar-refractivity contribution in [1.82, 2.24) is 10.2 Å². The summed E-state index contributed by atoms with van der Waals surface area (Å²) < 4.78 is 16.3. The number of carbonyl (C=O) groups excluding carboxylic acids is 1. The van der Waals surface area contributed by atoms with E-state index in [0.29, 0.717) is 23.8 Å². The summed E-state index contributed by atoms with van der Waals surface area (Å²) in [5.41, 5.74) is 2.73. The number of carboxylic acid groups (broad SMARTS) is 1. The van der Waals surface area contributed by atoms with Gasteiger partial charge in [-0.3, -0.25) is 14.5 Å². The van der Waals surface area contributed by atoms with Crippen LogP contribution in [0.3, 0.4) is 0 Å². The number of rotatable bonds is 10. The van der Waals surface area contributed by atoms with Crippen LogP contribution in [0.25, 0.3) is 0 Å². The van der Waals surface area contributed by atoms with E-state index in [0.717, 1.165) is 29.5 Å². The first kappa shape index (κ1) is 26.6. The predicted octanol–water partition coefficient (Wildman–Crippen LogP) is 4.92. The van der Waals surface area contributed by atoms with Gasteiger partial charge in [-0.25, -0.2) is 0 Å². The fourth-order valence-electron chi connectivity index (χ4n) is 5.79. The van der Waals surface area contributed by atoms with Gasteiger partial charge < -0.3 is 24.6 Å². The fraction of sp³-hybridized carbons (Fsp3) is 0.355. The Labute approximate surface area is 228 Å². The molecule has 2 N–H and O–H groups in total. The molecule has 3 aromatic rings. The zero-order valence-electron chi connectivity index (χ0n) is 22.2. The van der Waals surface area contributed by atoms with Crippen molar-refractivity contribution >= 4 is 11.9 Å². The smallest absolute Gasteiger partial charge is 0.309 e. The van der Waals surface area contributed by atoms with Crippen molar-refractivity contribution in [2.24, 2.45) is 5.92 Å². The van der Waals surface area contributed by atoms with E-state index in [9.17, 15) is 14.7 Å². The quantitative estimate of drug-likeness (QED) is 0.384. The van der Waals surface area contributed by atoms with E-state index in [1.807, 2.05) is 77.7 Å². The van der Waals surface area contributed by atoms with E-state index in [4.69, 9.17) is 14.2 Å². The van der Waals surface area contributed by atoms with Gasteiger partial charge in [0.15, 0.2) is 11.5 Å². The maximum atomic E-state index is 13.5. The van der Waals surface area contributed by atoms with Gasteiger partial charge in [-0.2, -0.15) is 0 Å². The number of benzene rings is 3. The molecule has 2 aliphatic heterocycles. The summed E-state index contributed by atoms with van der Waals surface area (Å²) in [4.78, 5) is 28.2. The Hall–Kier alpha value is -4.04. The van der Waals surface area contributed by atoms with Crippen LogP contribution in [0.2, 0.25) is 0 Å². The summed E-state index contributed by atoms with van der Waals surface area (Å²) in [6.45, 7) is 2.72. The van der Waals surface area contributed by atoms with E-state index >= 15 is 0 Å². The molecule has 0 saturated carbocycles. The summed E-state index contributed by atoms with van der Waals surface area (Å²) >= 11 is 0. The number of amides is 1. The molecular formula is C31H34N2O6. The number of carboxylic acids is 1. The molecule has 1 saturated heterocycles. The number of carbonyl (C=O) groups is 2. The minimum Gasteiger partial charge on any atom is -0.497 e. The third-order valence-electron chi connectivity index (χ3n) is 7.63. The molecule has 5 rings (SSSR count). The largest absolute Gasteiger partial charge is 0.497 e. The van der Waals surface area contributed by atoms with Crippen LogP contribution in [-0.2, 0) is 9.59 Å². The molecule has 0 spiro atoms. The van der Waals surface area contributed by atoms with Crippen molar-refractivity contribution in [1.29, 1.82) is 0 Å². The number of hydrogen-bond acceptors (Lipinski definition) is 6. The molecule has 0 radical (unpaired) electrons. The van der Waals surface area contributed by atoms with Crippen LogP contribution in [0.1, 0.15) is 54.5 Å². The van der Waals surface area contributed by atoms with Gasteiger partial charge in [-0.05, 0) is 47.4 Å². The molecule has 1 unspecified atom stereocenters. The first-order valence-corrected chi connectivity index (χ1v) is 13.3. The Morgan fingerprint density at radius 1 is 1.03 bits per heavy atom. The van der Waals surface area contributed by atoms with E-state index < -0.39 is 17.9 Å². The zero-order chi connectivity index (χ0) is 27.4. The van der Waals surface area contributed by atoms with Crippen molar-refractivity contribution in [2.45, 2.75) is 37.8 Å². The van der Waals surface area contributed by atoms with Crippen LogP contribution in [0.5, 0.6) is 17.2 Å². The highest BCUT2D eigenvalue weighted by atomic mass is 16.7. The molecule has 0 aliphatic carbocycles. The number of likely N-dealkylation sites (tertiary alicyclic amines) is 1. The molecule has 1 amide bonds. The summed E-state index contributed by atoms with van der Waals surface area (Å²) in [5, 5.41) is 13.7. The second kappa shape index (κ2) is 11.8. The van der Waals surface area contributed by atoms with E-state index in [2.05, 4.69) is 12.2 Å². The van der Waals surface area contributed by atoms with Gasteiger partial charge >= 0.3 is 5.97 Å². The topological polar surface area (TPSA) is 97.3 Å². The Bertz CT molecular complexity index is 1300. The first-order valence-electron chi connectivity index (χ1n) is 13.3. The highest BCUT2D eigenvalue weighted by Crippen LogP contribution is 2.47. The fourth-order valence-corrected chi connectivity index (χ4v) is 5.79. The lowest BCUT2D eigenvalue weighted by molar-refractivity contribution is -0.143. The van der Waals surface area contributed by atoms with E-state index in [-0.39, 0.29) is 31.2 Å². The van der Waals surface area contributed by atoms with Gasteiger partial charge in [0, 0.05) is 18.5 Å². The number of hydrogen-bond donors (Lipinski definition) is 2. The SMILES string of the molecule is CCCC(NC(=O)CN1C[C@H](c2ccc3c(c2)OCO3)[C@@H](C(=O)O)[C@@H]1c1ccc(OC)cc1)c1ccccc1. The van der Waals surface area contributed by atoms with Crippen molar-refractivity contribution in [2.75, 3.05) is 27.0 Å². The number of ether oxygens (including phenoxy) is 3. The van der Waals surface area contributed by atoms with Crippen LogP contribution in [0.4, 0.5) is 0 Å². The Kier molecular flexibility index (Phi) is 8.02. The third kappa shape index (κ3) is 5.71. The van der Waals surface area contributed by atoms with Crippen molar-refractivity contribution < 1.29 is 28.9 Å². The molecule has 3 aromatic carbocycles. The molecule has 2 aliphatic rings. The molecule has 39 heavy (non-hydrogen) atoms. The number of nitrogens with one attached hydrogen (secondary N) is 1. The number of nitrogens with zero attached hydrogens (tertiary/aromatic N) is 1. The molecule has 0 aromatic heterocycles.